The molecule has 0 radical (unpaired) electrons. The number of hydrogen-bond acceptors (Lipinski definition) is 7. The van der Waals surface area contributed by atoms with Crippen LogP contribution in [0.5, 0.6) is 0 Å². The Morgan fingerprint density at radius 3 is 2.71 bits per heavy atom. The molecule has 2 heterocycles. The number of anilines is 4. The normalized spacial score (nSPS) is 12.0. The van der Waals surface area contributed by atoms with Gasteiger partial charge in [-0.15, -0.1) is 0 Å². The Morgan fingerprint density at radius 1 is 1.29 bits per heavy atom. The molecule has 2 aromatic heterocycles. The van der Waals surface area contributed by atoms with Crippen molar-refractivity contribution in [2.24, 2.45) is 0 Å². The zero-order valence-electron chi connectivity index (χ0n) is 11.8. The minimum atomic E-state index is 0.0888. The highest BCUT2D eigenvalue weighted by Crippen LogP contribution is 2.25. The Kier molecular flexibility index (Phi) is 5.29. The smallest absolute Gasteiger partial charge is 0.160 e. The van der Waals surface area contributed by atoms with Crippen molar-refractivity contribution in [1.29, 1.82) is 0 Å². The van der Waals surface area contributed by atoms with Gasteiger partial charge in [0.1, 0.15) is 17.8 Å². The maximum Gasteiger partial charge on any atom is 0.160 e. The standard InChI is InChI=1S/C13H17BrN6O/c1-8(6-21-2)19-12-11(15)13(18-7-17-12)20-10-4-3-9(14)5-16-10/h3-5,7-8H,6,15H2,1-2H3,(H2,16,17,18,19,20). The van der Waals surface area contributed by atoms with Gasteiger partial charge >= 0.3 is 0 Å². The summed E-state index contributed by atoms with van der Waals surface area (Å²) in [5.74, 6) is 1.72. The Bertz CT molecular complexity index is 592. The third-order valence-corrected chi connectivity index (χ3v) is 3.13. The van der Waals surface area contributed by atoms with E-state index in [4.69, 9.17) is 10.5 Å². The number of pyridine rings is 1. The molecule has 21 heavy (non-hydrogen) atoms. The summed E-state index contributed by atoms with van der Waals surface area (Å²) in [6.45, 7) is 2.54. The number of nitrogen functional groups attached to an aromatic ring is 1. The largest absolute Gasteiger partial charge is 0.393 e. The van der Waals surface area contributed by atoms with Crippen LogP contribution in [0.2, 0.25) is 0 Å². The van der Waals surface area contributed by atoms with E-state index in [9.17, 15) is 0 Å². The summed E-state index contributed by atoms with van der Waals surface area (Å²) in [5.41, 5.74) is 6.51. The highest BCUT2D eigenvalue weighted by Gasteiger charge is 2.11. The van der Waals surface area contributed by atoms with Crippen LogP contribution in [-0.2, 0) is 4.74 Å². The number of halogens is 1. The molecule has 0 saturated heterocycles. The number of aromatic nitrogens is 3. The molecule has 0 aliphatic rings. The second kappa shape index (κ2) is 7.19. The molecule has 4 N–H and O–H groups in total. The fraction of sp³-hybridized carbons (Fsp3) is 0.308. The van der Waals surface area contributed by atoms with Crippen LogP contribution in [0.4, 0.5) is 23.1 Å². The molecule has 0 amide bonds. The lowest BCUT2D eigenvalue weighted by Gasteiger charge is -2.16. The van der Waals surface area contributed by atoms with Gasteiger partial charge in [0.15, 0.2) is 11.6 Å². The van der Waals surface area contributed by atoms with Gasteiger partial charge in [0.05, 0.1) is 6.61 Å². The van der Waals surface area contributed by atoms with E-state index in [2.05, 4.69) is 41.5 Å². The number of methoxy groups -OCH3 is 1. The van der Waals surface area contributed by atoms with Gasteiger partial charge in [-0.05, 0) is 35.0 Å². The second-order valence-electron chi connectivity index (χ2n) is 4.47. The molecule has 0 bridgehead atoms. The quantitative estimate of drug-likeness (QED) is 0.734. The van der Waals surface area contributed by atoms with Crippen LogP contribution in [0.1, 0.15) is 6.92 Å². The first kappa shape index (κ1) is 15.5. The van der Waals surface area contributed by atoms with E-state index >= 15 is 0 Å². The molecule has 0 fully saturated rings. The van der Waals surface area contributed by atoms with Gasteiger partial charge < -0.3 is 21.1 Å². The maximum atomic E-state index is 6.08. The van der Waals surface area contributed by atoms with Crippen molar-refractivity contribution in [2.75, 3.05) is 30.1 Å². The van der Waals surface area contributed by atoms with Crippen LogP contribution in [0.3, 0.4) is 0 Å². The minimum absolute atomic E-state index is 0.0888. The second-order valence-corrected chi connectivity index (χ2v) is 5.39. The van der Waals surface area contributed by atoms with Gasteiger partial charge in [-0.1, -0.05) is 0 Å². The topological polar surface area (TPSA) is 98.0 Å². The van der Waals surface area contributed by atoms with Crippen LogP contribution in [0, 0.1) is 0 Å². The Balaban J connectivity index is 2.15. The molecular formula is C13H17BrN6O. The fourth-order valence-electron chi connectivity index (χ4n) is 1.71. The number of hydrogen-bond donors (Lipinski definition) is 3. The first-order chi connectivity index (χ1) is 10.1. The number of nitrogens with two attached hydrogens (primary N) is 1. The SMILES string of the molecule is COCC(C)Nc1ncnc(Nc2ccc(Br)cn2)c1N. The van der Waals surface area contributed by atoms with Crippen molar-refractivity contribution in [3.63, 3.8) is 0 Å². The first-order valence-electron chi connectivity index (χ1n) is 6.34. The third-order valence-electron chi connectivity index (χ3n) is 2.66. The monoisotopic (exact) mass is 352 g/mol. The van der Waals surface area contributed by atoms with E-state index < -0.39 is 0 Å². The Hall–Kier alpha value is -1.93. The molecule has 112 valence electrons. The van der Waals surface area contributed by atoms with Gasteiger partial charge in [-0.25, -0.2) is 15.0 Å². The molecule has 1 atom stereocenters. The third kappa shape index (κ3) is 4.27. The Morgan fingerprint density at radius 2 is 2.05 bits per heavy atom. The van der Waals surface area contributed by atoms with Crippen molar-refractivity contribution in [3.05, 3.63) is 29.1 Å². The predicted molar refractivity (Wildman–Crippen MR) is 86.6 cm³/mol. The van der Waals surface area contributed by atoms with Crippen molar-refractivity contribution < 1.29 is 4.74 Å². The highest BCUT2D eigenvalue weighted by atomic mass is 79.9. The molecule has 0 saturated carbocycles. The number of nitrogens with zero attached hydrogens (tertiary/aromatic N) is 3. The fourth-order valence-corrected chi connectivity index (χ4v) is 1.94. The molecule has 1 unspecified atom stereocenters. The molecule has 0 spiro atoms. The summed E-state index contributed by atoms with van der Waals surface area (Å²) in [7, 11) is 1.65. The summed E-state index contributed by atoms with van der Waals surface area (Å²) < 4.78 is 5.98. The van der Waals surface area contributed by atoms with E-state index in [1.165, 1.54) is 6.33 Å². The molecule has 0 aliphatic carbocycles. The first-order valence-corrected chi connectivity index (χ1v) is 7.14. The zero-order chi connectivity index (χ0) is 15.2. The van der Waals surface area contributed by atoms with Crippen molar-refractivity contribution in [3.8, 4) is 0 Å². The van der Waals surface area contributed by atoms with E-state index in [1.807, 2.05) is 19.1 Å². The summed E-state index contributed by atoms with van der Waals surface area (Å²) >= 11 is 3.34. The van der Waals surface area contributed by atoms with Crippen LogP contribution in [0.25, 0.3) is 0 Å². The molecule has 0 aliphatic heterocycles. The van der Waals surface area contributed by atoms with Gasteiger partial charge in [0, 0.05) is 23.8 Å². The summed E-state index contributed by atoms with van der Waals surface area (Å²) in [4.78, 5) is 12.5. The van der Waals surface area contributed by atoms with Crippen LogP contribution < -0.4 is 16.4 Å². The van der Waals surface area contributed by atoms with Crippen LogP contribution in [0.15, 0.2) is 29.1 Å². The van der Waals surface area contributed by atoms with Crippen molar-refractivity contribution >= 4 is 39.1 Å². The molecule has 2 rings (SSSR count). The van der Waals surface area contributed by atoms with Gasteiger partial charge in [0.25, 0.3) is 0 Å². The van der Waals surface area contributed by atoms with Crippen LogP contribution >= 0.6 is 15.9 Å². The summed E-state index contributed by atoms with van der Waals surface area (Å²) in [6.07, 6.45) is 3.14. The predicted octanol–water partition coefficient (Wildman–Crippen LogP) is 2.41. The van der Waals surface area contributed by atoms with E-state index in [-0.39, 0.29) is 6.04 Å². The Labute approximate surface area is 131 Å². The maximum absolute atomic E-state index is 6.08. The number of rotatable bonds is 6. The lowest BCUT2D eigenvalue weighted by Crippen LogP contribution is -2.22. The summed E-state index contributed by atoms with van der Waals surface area (Å²) in [6, 6.07) is 3.80. The lowest BCUT2D eigenvalue weighted by molar-refractivity contribution is 0.190. The van der Waals surface area contributed by atoms with E-state index in [0.29, 0.717) is 29.7 Å². The molecule has 7 nitrogen and oxygen atoms in total. The van der Waals surface area contributed by atoms with Crippen LogP contribution in [-0.4, -0.2) is 34.7 Å². The minimum Gasteiger partial charge on any atom is -0.393 e. The number of ether oxygens (including phenoxy) is 1. The average molecular weight is 353 g/mol. The number of nitrogens with one attached hydrogen (secondary N) is 2. The van der Waals surface area contributed by atoms with Crippen molar-refractivity contribution in [1.82, 2.24) is 15.0 Å². The highest BCUT2D eigenvalue weighted by molar-refractivity contribution is 9.10. The average Bonchev–Trinajstić information content (AvgIpc) is 2.46. The molecule has 2 aromatic rings. The van der Waals surface area contributed by atoms with E-state index in [0.717, 1.165) is 4.47 Å². The lowest BCUT2D eigenvalue weighted by atomic mass is 10.3. The van der Waals surface area contributed by atoms with Gasteiger partial charge in [-0.3, -0.25) is 0 Å². The molecular weight excluding hydrogens is 336 g/mol. The summed E-state index contributed by atoms with van der Waals surface area (Å²) in [5, 5.41) is 6.24. The van der Waals surface area contributed by atoms with Gasteiger partial charge in [-0.2, -0.15) is 0 Å². The molecule has 0 aromatic carbocycles. The zero-order valence-corrected chi connectivity index (χ0v) is 13.4. The molecule has 8 heteroatoms. The van der Waals surface area contributed by atoms with Crippen molar-refractivity contribution in [2.45, 2.75) is 13.0 Å². The van der Waals surface area contributed by atoms with E-state index in [1.54, 1.807) is 13.3 Å². The van der Waals surface area contributed by atoms with Gasteiger partial charge in [0.2, 0.25) is 0 Å².